The van der Waals surface area contributed by atoms with Crippen molar-refractivity contribution >= 4 is 17.8 Å². The highest BCUT2D eigenvalue weighted by atomic mass is 16.6. The summed E-state index contributed by atoms with van der Waals surface area (Å²) in [5.74, 6) is 0.373. The number of imide groups is 1. The van der Waals surface area contributed by atoms with E-state index in [4.69, 9.17) is 0 Å². The van der Waals surface area contributed by atoms with Gasteiger partial charge in [0.2, 0.25) is 0 Å². The van der Waals surface area contributed by atoms with Crippen LogP contribution in [0.15, 0.2) is 24.3 Å². The maximum atomic E-state index is 11.7. The normalized spacial score (nSPS) is 10.2. The first-order chi connectivity index (χ1) is 9.45. The number of nitrogens with zero attached hydrogens (tertiary/aromatic N) is 1. The van der Waals surface area contributed by atoms with Crippen molar-refractivity contribution in [3.63, 3.8) is 0 Å². The molecule has 0 unspecified atom stereocenters. The van der Waals surface area contributed by atoms with Crippen LogP contribution < -0.4 is 10.4 Å². The Labute approximate surface area is 118 Å². The van der Waals surface area contributed by atoms with E-state index in [9.17, 15) is 14.8 Å². The van der Waals surface area contributed by atoms with Gasteiger partial charge in [-0.25, -0.2) is 14.9 Å². The predicted octanol–water partition coefficient (Wildman–Crippen LogP) is 2.95. The van der Waals surface area contributed by atoms with Crippen molar-refractivity contribution in [1.29, 1.82) is 0 Å². The number of nitrogens with one attached hydrogen (secondary N) is 1. The van der Waals surface area contributed by atoms with E-state index in [1.54, 1.807) is 19.1 Å². The van der Waals surface area contributed by atoms with Gasteiger partial charge in [-0.2, -0.15) is 5.06 Å². The van der Waals surface area contributed by atoms with Crippen molar-refractivity contribution in [1.82, 2.24) is 5.32 Å². The fraction of sp³-hybridized carbons (Fsp3) is 0.429. The number of amides is 3. The number of hydrogen-bond acceptors (Lipinski definition) is 4. The standard InChI is InChI=1S/C14H20N2O4/c1-4-20-14(18)15-13(17)16(19)12-8-6-5-7-11(12)9-10(2)3/h5-8,10,19H,4,9H2,1-3H3,(H,15,17,18). The molecule has 0 heterocycles. The first-order valence-electron chi connectivity index (χ1n) is 6.50. The second kappa shape index (κ2) is 7.49. The second-order valence-corrected chi connectivity index (χ2v) is 4.69. The van der Waals surface area contributed by atoms with Gasteiger partial charge in [0.25, 0.3) is 0 Å². The van der Waals surface area contributed by atoms with Crippen molar-refractivity contribution in [3.05, 3.63) is 29.8 Å². The highest BCUT2D eigenvalue weighted by Crippen LogP contribution is 2.22. The van der Waals surface area contributed by atoms with E-state index in [1.807, 2.05) is 31.3 Å². The summed E-state index contributed by atoms with van der Waals surface area (Å²) in [7, 11) is 0. The maximum absolute atomic E-state index is 11.7. The Balaban J connectivity index is 2.83. The number of ether oxygens (including phenoxy) is 1. The Hall–Kier alpha value is -2.08. The molecule has 1 aromatic rings. The fourth-order valence-corrected chi connectivity index (χ4v) is 1.75. The zero-order chi connectivity index (χ0) is 15.1. The summed E-state index contributed by atoms with van der Waals surface area (Å²) in [6.07, 6.45) is -0.183. The summed E-state index contributed by atoms with van der Waals surface area (Å²) in [4.78, 5) is 22.9. The Morgan fingerprint density at radius 3 is 2.60 bits per heavy atom. The van der Waals surface area contributed by atoms with Crippen molar-refractivity contribution in [2.75, 3.05) is 11.7 Å². The number of carbonyl (C=O) groups excluding carboxylic acids is 2. The molecular weight excluding hydrogens is 260 g/mol. The van der Waals surface area contributed by atoms with E-state index in [2.05, 4.69) is 4.74 Å². The van der Waals surface area contributed by atoms with E-state index in [0.29, 0.717) is 23.1 Å². The van der Waals surface area contributed by atoms with Gasteiger partial charge in [0.1, 0.15) is 0 Å². The number of para-hydroxylation sites is 1. The molecule has 0 atom stereocenters. The number of anilines is 1. The third-order valence-corrected chi connectivity index (χ3v) is 2.52. The SMILES string of the molecule is CCOC(=O)NC(=O)N(O)c1ccccc1CC(C)C. The molecule has 2 N–H and O–H groups in total. The van der Waals surface area contributed by atoms with Crippen LogP contribution in [0.5, 0.6) is 0 Å². The van der Waals surface area contributed by atoms with Crippen LogP contribution in [0.25, 0.3) is 0 Å². The van der Waals surface area contributed by atoms with E-state index in [1.165, 1.54) is 0 Å². The lowest BCUT2D eigenvalue weighted by molar-refractivity contribution is 0.149. The molecule has 6 heteroatoms. The molecule has 0 saturated carbocycles. The Morgan fingerprint density at radius 1 is 1.35 bits per heavy atom. The molecule has 1 rings (SSSR count). The third kappa shape index (κ3) is 4.55. The van der Waals surface area contributed by atoms with Crippen molar-refractivity contribution in [2.45, 2.75) is 27.2 Å². The van der Waals surface area contributed by atoms with Crippen LogP contribution in [0.3, 0.4) is 0 Å². The number of carbonyl (C=O) groups is 2. The van der Waals surface area contributed by atoms with Crippen LogP contribution in [-0.4, -0.2) is 23.9 Å². The summed E-state index contributed by atoms with van der Waals surface area (Å²) >= 11 is 0. The van der Waals surface area contributed by atoms with Crippen LogP contribution in [0, 0.1) is 5.92 Å². The quantitative estimate of drug-likeness (QED) is 0.656. The molecule has 0 radical (unpaired) electrons. The summed E-state index contributed by atoms with van der Waals surface area (Å²) < 4.78 is 4.58. The zero-order valence-corrected chi connectivity index (χ0v) is 11.9. The topological polar surface area (TPSA) is 78.9 Å². The van der Waals surface area contributed by atoms with Crippen molar-refractivity contribution < 1.29 is 19.5 Å². The largest absolute Gasteiger partial charge is 0.450 e. The minimum absolute atomic E-state index is 0.147. The lowest BCUT2D eigenvalue weighted by Crippen LogP contribution is -2.41. The third-order valence-electron chi connectivity index (χ3n) is 2.52. The zero-order valence-electron chi connectivity index (χ0n) is 11.9. The Kier molecular flexibility index (Phi) is 5.99. The number of alkyl carbamates (subject to hydrolysis) is 1. The second-order valence-electron chi connectivity index (χ2n) is 4.69. The van der Waals surface area contributed by atoms with E-state index >= 15 is 0 Å². The van der Waals surface area contributed by atoms with Gasteiger partial charge in [-0.15, -0.1) is 0 Å². The molecule has 1 aromatic carbocycles. The lowest BCUT2D eigenvalue weighted by atomic mass is 10.0. The summed E-state index contributed by atoms with van der Waals surface area (Å²) in [6.45, 7) is 5.85. The van der Waals surface area contributed by atoms with E-state index in [0.717, 1.165) is 5.56 Å². The predicted molar refractivity (Wildman–Crippen MR) is 74.8 cm³/mol. The fourth-order valence-electron chi connectivity index (χ4n) is 1.75. The van der Waals surface area contributed by atoms with Gasteiger partial charge in [0.05, 0.1) is 12.3 Å². The molecule has 6 nitrogen and oxygen atoms in total. The smallest absolute Gasteiger partial charge is 0.415 e. The first-order valence-corrected chi connectivity index (χ1v) is 6.50. The Bertz CT molecular complexity index is 474. The molecule has 0 aliphatic carbocycles. The van der Waals surface area contributed by atoms with Crippen LogP contribution in [0.2, 0.25) is 0 Å². The molecule has 0 spiro atoms. The lowest BCUT2D eigenvalue weighted by Gasteiger charge is -2.19. The molecule has 20 heavy (non-hydrogen) atoms. The van der Waals surface area contributed by atoms with Gasteiger partial charge in [-0.05, 0) is 30.9 Å². The molecule has 3 amide bonds. The molecular formula is C14H20N2O4. The van der Waals surface area contributed by atoms with Crippen LogP contribution in [0.1, 0.15) is 26.3 Å². The number of urea groups is 1. The molecule has 0 aromatic heterocycles. The van der Waals surface area contributed by atoms with E-state index < -0.39 is 12.1 Å². The first kappa shape index (κ1) is 16.0. The number of rotatable bonds is 4. The van der Waals surface area contributed by atoms with Gasteiger partial charge in [0.15, 0.2) is 0 Å². The molecule has 0 saturated heterocycles. The molecule has 0 fully saturated rings. The van der Waals surface area contributed by atoms with Gasteiger partial charge in [0, 0.05) is 0 Å². The Morgan fingerprint density at radius 2 is 2.00 bits per heavy atom. The summed E-state index contributed by atoms with van der Waals surface area (Å²) in [6, 6.07) is 6.04. The number of hydroxylamine groups is 1. The molecule has 0 aliphatic heterocycles. The van der Waals surface area contributed by atoms with Crippen LogP contribution in [0.4, 0.5) is 15.3 Å². The van der Waals surface area contributed by atoms with E-state index in [-0.39, 0.29) is 6.61 Å². The minimum Gasteiger partial charge on any atom is -0.450 e. The maximum Gasteiger partial charge on any atom is 0.415 e. The van der Waals surface area contributed by atoms with Gasteiger partial charge < -0.3 is 4.74 Å². The monoisotopic (exact) mass is 280 g/mol. The highest BCUT2D eigenvalue weighted by Gasteiger charge is 2.19. The summed E-state index contributed by atoms with van der Waals surface area (Å²) in [5, 5.41) is 12.3. The molecule has 0 aliphatic rings. The average Bonchev–Trinajstić information content (AvgIpc) is 2.38. The summed E-state index contributed by atoms with van der Waals surface area (Å²) in [5.41, 5.74) is 1.17. The van der Waals surface area contributed by atoms with Crippen molar-refractivity contribution in [3.8, 4) is 0 Å². The average molecular weight is 280 g/mol. The minimum atomic E-state index is -0.945. The van der Waals surface area contributed by atoms with Crippen molar-refractivity contribution in [2.24, 2.45) is 5.92 Å². The van der Waals surface area contributed by atoms with Crippen LogP contribution in [-0.2, 0) is 11.2 Å². The van der Waals surface area contributed by atoms with Gasteiger partial charge in [-0.1, -0.05) is 32.0 Å². The molecule has 0 bridgehead atoms. The number of benzene rings is 1. The van der Waals surface area contributed by atoms with Gasteiger partial charge in [-0.3, -0.25) is 5.21 Å². The highest BCUT2D eigenvalue weighted by molar-refractivity contribution is 5.99. The molecule has 110 valence electrons. The van der Waals surface area contributed by atoms with Crippen LogP contribution >= 0.6 is 0 Å². The van der Waals surface area contributed by atoms with Gasteiger partial charge >= 0.3 is 12.1 Å². The number of hydrogen-bond donors (Lipinski definition) is 2.